The van der Waals surface area contributed by atoms with Gasteiger partial charge in [0.15, 0.2) is 0 Å². The molecule has 12 heteroatoms. The molecule has 2 rings (SSSR count). The first-order chi connectivity index (χ1) is 14.0. The lowest BCUT2D eigenvalue weighted by Crippen LogP contribution is -2.54. The van der Waals surface area contributed by atoms with Crippen molar-refractivity contribution >= 4 is 11.9 Å². The lowest BCUT2D eigenvalue weighted by Gasteiger charge is -2.34. The molecule has 1 fully saturated rings. The molecular weight excluding hydrogens is 429 g/mol. The van der Waals surface area contributed by atoms with E-state index in [0.717, 1.165) is 6.42 Å². The van der Waals surface area contributed by atoms with Crippen LogP contribution in [0.4, 0.5) is 22.0 Å². The Morgan fingerprint density at radius 3 is 2.32 bits per heavy atom. The van der Waals surface area contributed by atoms with Crippen molar-refractivity contribution in [3.8, 4) is 5.88 Å². The Morgan fingerprint density at radius 2 is 1.81 bits per heavy atom. The molecule has 1 saturated heterocycles. The van der Waals surface area contributed by atoms with Crippen molar-refractivity contribution < 1.29 is 41.4 Å². The molecule has 1 aromatic heterocycles. The molecule has 0 atom stereocenters. The van der Waals surface area contributed by atoms with Crippen molar-refractivity contribution in [1.29, 1.82) is 0 Å². The second kappa shape index (κ2) is 10.2. The van der Waals surface area contributed by atoms with Gasteiger partial charge in [0.25, 0.3) is 0 Å². The van der Waals surface area contributed by atoms with Crippen molar-refractivity contribution in [2.75, 3.05) is 13.1 Å². The van der Waals surface area contributed by atoms with Gasteiger partial charge in [-0.15, -0.1) is 0 Å². The van der Waals surface area contributed by atoms with E-state index in [9.17, 15) is 26.7 Å². The minimum Gasteiger partial charge on any atom is -0.475 e. The lowest BCUT2D eigenvalue weighted by molar-refractivity contribution is -0.192. The summed E-state index contributed by atoms with van der Waals surface area (Å²) in [6.45, 7) is 6.68. The molecular formula is C19H26F5N3O4. The quantitative estimate of drug-likeness (QED) is 0.678. The fraction of sp³-hybridized carbons (Fsp3) is 0.632. The number of carbonyl (C=O) groups is 2. The number of pyridine rings is 1. The van der Waals surface area contributed by atoms with Gasteiger partial charge in [-0.25, -0.2) is 9.78 Å². The number of aromatic nitrogens is 1. The fourth-order valence-electron chi connectivity index (χ4n) is 3.18. The Bertz CT molecular complexity index is 769. The molecule has 31 heavy (non-hydrogen) atoms. The normalized spacial score (nSPS) is 17.9. The van der Waals surface area contributed by atoms with Gasteiger partial charge in [-0.05, 0) is 40.2 Å². The number of aliphatic carboxylic acids is 1. The number of hydrogen-bond acceptors (Lipinski definition) is 5. The maximum absolute atomic E-state index is 12.6. The third-order valence-corrected chi connectivity index (χ3v) is 4.19. The summed E-state index contributed by atoms with van der Waals surface area (Å²) >= 11 is 0. The molecule has 2 heterocycles. The zero-order valence-electron chi connectivity index (χ0n) is 17.6. The largest absolute Gasteiger partial charge is 0.490 e. The summed E-state index contributed by atoms with van der Waals surface area (Å²) in [6.07, 6.45) is -4.18. The predicted molar refractivity (Wildman–Crippen MR) is 101 cm³/mol. The highest BCUT2D eigenvalue weighted by molar-refractivity contribution is 5.78. The van der Waals surface area contributed by atoms with Gasteiger partial charge in [-0.2, -0.15) is 22.0 Å². The van der Waals surface area contributed by atoms with Gasteiger partial charge in [0.2, 0.25) is 11.8 Å². The Labute approximate surface area is 176 Å². The molecule has 7 nitrogen and oxygen atoms in total. The Balaban J connectivity index is 0.000000592. The van der Waals surface area contributed by atoms with Crippen LogP contribution in [0.1, 0.15) is 39.8 Å². The summed E-state index contributed by atoms with van der Waals surface area (Å²) < 4.78 is 60.5. The van der Waals surface area contributed by atoms with Gasteiger partial charge in [0.1, 0.15) is 0 Å². The molecule has 0 unspecified atom stereocenters. The number of alkyl halides is 5. The average molecular weight is 455 g/mol. The average Bonchev–Trinajstić information content (AvgIpc) is 2.68. The van der Waals surface area contributed by atoms with Crippen molar-refractivity contribution in [3.63, 3.8) is 0 Å². The number of carboxylic acid groups (broad SMARTS) is 1. The van der Waals surface area contributed by atoms with Gasteiger partial charge in [-0.1, -0.05) is 6.07 Å². The molecule has 0 aliphatic carbocycles. The summed E-state index contributed by atoms with van der Waals surface area (Å²) in [4.78, 5) is 27.3. The van der Waals surface area contributed by atoms with Gasteiger partial charge < -0.3 is 20.1 Å². The lowest BCUT2D eigenvalue weighted by atomic mass is 9.96. The molecule has 1 aliphatic heterocycles. The summed E-state index contributed by atoms with van der Waals surface area (Å²) in [6, 6.07) is 4.55. The third-order valence-electron chi connectivity index (χ3n) is 4.19. The zero-order chi connectivity index (χ0) is 24.0. The predicted octanol–water partition coefficient (Wildman–Crippen LogP) is 3.24. The van der Waals surface area contributed by atoms with Crippen LogP contribution in [0.2, 0.25) is 0 Å². The number of ether oxygens (including phenoxy) is 1. The van der Waals surface area contributed by atoms with Crippen LogP contribution in [0.3, 0.4) is 0 Å². The number of amides is 1. The van der Waals surface area contributed by atoms with E-state index < -0.39 is 18.8 Å². The van der Waals surface area contributed by atoms with E-state index in [1.54, 1.807) is 12.1 Å². The number of carboxylic acids is 1. The third kappa shape index (κ3) is 9.90. The Morgan fingerprint density at radius 1 is 1.23 bits per heavy atom. The fourth-order valence-corrected chi connectivity index (χ4v) is 3.18. The maximum atomic E-state index is 12.6. The molecule has 0 saturated carbocycles. The topological polar surface area (TPSA) is 91.8 Å². The number of nitrogens with one attached hydrogen (secondary N) is 1. The van der Waals surface area contributed by atoms with E-state index in [4.69, 9.17) is 9.90 Å². The molecule has 0 spiro atoms. The zero-order valence-corrected chi connectivity index (χ0v) is 17.6. The van der Waals surface area contributed by atoms with E-state index in [1.807, 2.05) is 4.90 Å². The van der Waals surface area contributed by atoms with Crippen LogP contribution in [0.5, 0.6) is 5.88 Å². The minimum atomic E-state index is -5.08. The van der Waals surface area contributed by atoms with Gasteiger partial charge in [0, 0.05) is 30.2 Å². The summed E-state index contributed by atoms with van der Waals surface area (Å²) in [7, 11) is 0. The SMILES string of the molecule is CC1(C)CCN(C(=O)Cc2cccc(OC(F)F)n2)CC(C)(C)N1.O=C(O)C(F)(F)F. The van der Waals surface area contributed by atoms with E-state index in [1.165, 1.54) is 6.07 Å². The van der Waals surface area contributed by atoms with Gasteiger partial charge in [0.05, 0.1) is 12.1 Å². The van der Waals surface area contributed by atoms with E-state index in [0.29, 0.717) is 18.8 Å². The van der Waals surface area contributed by atoms with Crippen LogP contribution in [0.15, 0.2) is 18.2 Å². The summed E-state index contributed by atoms with van der Waals surface area (Å²) in [5.41, 5.74) is 0.165. The van der Waals surface area contributed by atoms with Crippen molar-refractivity contribution in [2.24, 2.45) is 0 Å². The monoisotopic (exact) mass is 455 g/mol. The molecule has 1 amide bonds. The first kappa shape index (κ1) is 26.5. The number of halogens is 5. The van der Waals surface area contributed by atoms with Gasteiger partial charge >= 0.3 is 18.8 Å². The van der Waals surface area contributed by atoms with Crippen LogP contribution in [-0.4, -0.2) is 63.8 Å². The number of nitrogens with zero attached hydrogens (tertiary/aromatic N) is 2. The molecule has 0 bridgehead atoms. The second-order valence-corrected chi connectivity index (χ2v) is 8.28. The molecule has 0 aromatic carbocycles. The molecule has 2 N–H and O–H groups in total. The smallest absolute Gasteiger partial charge is 0.475 e. The first-order valence-electron chi connectivity index (χ1n) is 9.29. The molecule has 176 valence electrons. The number of hydrogen-bond donors (Lipinski definition) is 2. The van der Waals surface area contributed by atoms with Crippen LogP contribution < -0.4 is 10.1 Å². The van der Waals surface area contributed by atoms with Gasteiger partial charge in [-0.3, -0.25) is 4.79 Å². The number of carbonyl (C=O) groups excluding carboxylic acids is 1. The van der Waals surface area contributed by atoms with E-state index in [-0.39, 0.29) is 29.3 Å². The molecule has 0 radical (unpaired) electrons. The van der Waals surface area contributed by atoms with Crippen LogP contribution >= 0.6 is 0 Å². The summed E-state index contributed by atoms with van der Waals surface area (Å²) in [5, 5.41) is 10.7. The van der Waals surface area contributed by atoms with Crippen LogP contribution in [-0.2, 0) is 16.0 Å². The van der Waals surface area contributed by atoms with Crippen molar-refractivity contribution in [2.45, 2.75) is 64.4 Å². The maximum Gasteiger partial charge on any atom is 0.490 e. The van der Waals surface area contributed by atoms with Crippen LogP contribution in [0.25, 0.3) is 0 Å². The second-order valence-electron chi connectivity index (χ2n) is 8.28. The Kier molecular flexibility index (Phi) is 8.74. The highest BCUT2D eigenvalue weighted by Gasteiger charge is 2.38. The first-order valence-corrected chi connectivity index (χ1v) is 9.29. The highest BCUT2D eigenvalue weighted by Crippen LogP contribution is 2.22. The van der Waals surface area contributed by atoms with E-state index >= 15 is 0 Å². The van der Waals surface area contributed by atoms with Crippen molar-refractivity contribution in [1.82, 2.24) is 15.2 Å². The minimum absolute atomic E-state index is 0.0538. The highest BCUT2D eigenvalue weighted by atomic mass is 19.4. The van der Waals surface area contributed by atoms with Crippen molar-refractivity contribution in [3.05, 3.63) is 23.9 Å². The number of rotatable bonds is 4. The standard InChI is InChI=1S/C17H25F2N3O2.C2HF3O2/c1-16(2)8-9-22(11-17(3,4)21-16)14(23)10-12-6-5-7-13(20-12)24-15(18)19;3-2(4,5)1(6)7/h5-7,15,21H,8-11H2,1-4H3;(H,6,7). The van der Waals surface area contributed by atoms with Crippen LogP contribution in [0, 0.1) is 0 Å². The molecule has 1 aromatic rings. The Hall–Kier alpha value is -2.50. The van der Waals surface area contributed by atoms with E-state index in [2.05, 4.69) is 42.7 Å². The summed E-state index contributed by atoms with van der Waals surface area (Å²) in [5.74, 6) is -2.99. The molecule has 1 aliphatic rings.